The lowest BCUT2D eigenvalue weighted by molar-refractivity contribution is -0.384. The molecular formula is C18H18N4O4. The zero-order chi connectivity index (χ0) is 18.4. The summed E-state index contributed by atoms with van der Waals surface area (Å²) in [5, 5.41) is 14.7. The molecule has 2 aromatic carbocycles. The first-order valence-electron chi connectivity index (χ1n) is 8.14. The van der Waals surface area contributed by atoms with Crippen molar-refractivity contribution in [1.29, 1.82) is 0 Å². The van der Waals surface area contributed by atoms with Crippen LogP contribution in [0.2, 0.25) is 0 Å². The molecule has 0 aliphatic carbocycles. The second-order valence-corrected chi connectivity index (χ2v) is 5.70. The van der Waals surface area contributed by atoms with Crippen LogP contribution in [0.4, 0.5) is 11.4 Å². The predicted molar refractivity (Wildman–Crippen MR) is 97.6 cm³/mol. The van der Waals surface area contributed by atoms with Crippen LogP contribution in [0.15, 0.2) is 53.6 Å². The summed E-state index contributed by atoms with van der Waals surface area (Å²) in [4.78, 5) is 24.5. The minimum absolute atomic E-state index is 0.139. The van der Waals surface area contributed by atoms with Gasteiger partial charge < -0.3 is 9.64 Å². The molecule has 1 heterocycles. The van der Waals surface area contributed by atoms with Gasteiger partial charge >= 0.3 is 0 Å². The number of nitro benzene ring substituents is 1. The van der Waals surface area contributed by atoms with Crippen LogP contribution < -0.4 is 10.3 Å². The number of benzene rings is 2. The Morgan fingerprint density at radius 2 is 1.92 bits per heavy atom. The molecule has 0 radical (unpaired) electrons. The van der Waals surface area contributed by atoms with E-state index in [1.54, 1.807) is 0 Å². The number of ether oxygens (including phenoxy) is 1. The number of morpholine rings is 1. The quantitative estimate of drug-likeness (QED) is 0.504. The first-order chi connectivity index (χ1) is 12.6. The molecule has 0 atom stereocenters. The van der Waals surface area contributed by atoms with Gasteiger partial charge in [-0.3, -0.25) is 14.9 Å². The van der Waals surface area contributed by atoms with E-state index in [-0.39, 0.29) is 11.3 Å². The zero-order valence-electron chi connectivity index (χ0n) is 14.0. The maximum absolute atomic E-state index is 12.0. The average molecular weight is 354 g/mol. The molecular weight excluding hydrogens is 336 g/mol. The summed E-state index contributed by atoms with van der Waals surface area (Å²) in [5.74, 6) is -0.505. The number of non-ortho nitro benzene ring substituents is 1. The molecule has 0 spiro atoms. The van der Waals surface area contributed by atoms with Gasteiger partial charge in [0, 0.05) is 36.5 Å². The summed E-state index contributed by atoms with van der Waals surface area (Å²) in [6.07, 6.45) is 1.53. The number of carbonyl (C=O) groups is 1. The van der Waals surface area contributed by atoms with Gasteiger partial charge in [-0.25, -0.2) is 5.43 Å². The number of amides is 1. The normalized spacial score (nSPS) is 14.4. The molecule has 1 fully saturated rings. The minimum Gasteiger partial charge on any atom is -0.378 e. The number of nitrogens with one attached hydrogen (secondary N) is 1. The second kappa shape index (κ2) is 8.21. The van der Waals surface area contributed by atoms with E-state index in [2.05, 4.69) is 15.4 Å². The molecule has 1 saturated heterocycles. The smallest absolute Gasteiger partial charge is 0.271 e. The van der Waals surface area contributed by atoms with Crippen molar-refractivity contribution >= 4 is 23.5 Å². The molecule has 0 unspecified atom stereocenters. The third-order valence-corrected chi connectivity index (χ3v) is 3.97. The lowest BCUT2D eigenvalue weighted by atomic mass is 10.2. The Morgan fingerprint density at radius 3 is 2.62 bits per heavy atom. The zero-order valence-corrected chi connectivity index (χ0v) is 14.0. The van der Waals surface area contributed by atoms with Crippen molar-refractivity contribution in [3.8, 4) is 0 Å². The van der Waals surface area contributed by atoms with E-state index < -0.39 is 10.8 Å². The van der Waals surface area contributed by atoms with Gasteiger partial charge in [-0.2, -0.15) is 5.10 Å². The van der Waals surface area contributed by atoms with Gasteiger partial charge in [0.2, 0.25) is 0 Å². The molecule has 1 amide bonds. The number of hydrogen-bond acceptors (Lipinski definition) is 6. The van der Waals surface area contributed by atoms with E-state index >= 15 is 0 Å². The lowest BCUT2D eigenvalue weighted by Gasteiger charge is -2.28. The average Bonchev–Trinajstić information content (AvgIpc) is 2.69. The fourth-order valence-corrected chi connectivity index (χ4v) is 2.58. The van der Waals surface area contributed by atoms with Crippen molar-refractivity contribution in [2.45, 2.75) is 0 Å². The van der Waals surface area contributed by atoms with E-state index in [1.165, 1.54) is 30.5 Å². The SMILES string of the molecule is O=C(N/N=C\c1ccc(N2CCOCC2)cc1)c1cccc([N+](=O)[O-])c1. The molecule has 26 heavy (non-hydrogen) atoms. The van der Waals surface area contributed by atoms with E-state index in [4.69, 9.17) is 4.74 Å². The summed E-state index contributed by atoms with van der Waals surface area (Å²) in [6.45, 7) is 3.19. The van der Waals surface area contributed by atoms with Crippen LogP contribution in [-0.4, -0.2) is 43.3 Å². The molecule has 134 valence electrons. The van der Waals surface area contributed by atoms with E-state index in [0.29, 0.717) is 0 Å². The molecule has 8 nitrogen and oxygen atoms in total. The van der Waals surface area contributed by atoms with Gasteiger partial charge in [0.1, 0.15) is 0 Å². The van der Waals surface area contributed by atoms with Crippen LogP contribution in [0.3, 0.4) is 0 Å². The number of nitro groups is 1. The summed E-state index contributed by atoms with van der Waals surface area (Å²) < 4.78 is 5.34. The second-order valence-electron chi connectivity index (χ2n) is 5.70. The predicted octanol–water partition coefficient (Wildman–Crippen LogP) is 2.20. The Morgan fingerprint density at radius 1 is 1.19 bits per heavy atom. The van der Waals surface area contributed by atoms with Gasteiger partial charge in [0.05, 0.1) is 24.4 Å². The summed E-state index contributed by atoms with van der Waals surface area (Å²) in [6, 6.07) is 13.3. The number of nitrogens with zero attached hydrogens (tertiary/aromatic N) is 3. The highest BCUT2D eigenvalue weighted by atomic mass is 16.6. The van der Waals surface area contributed by atoms with Gasteiger partial charge in [-0.05, 0) is 23.8 Å². The number of hydrogen-bond donors (Lipinski definition) is 1. The molecule has 1 N–H and O–H groups in total. The van der Waals surface area contributed by atoms with Gasteiger partial charge in [-0.15, -0.1) is 0 Å². The van der Waals surface area contributed by atoms with E-state index in [9.17, 15) is 14.9 Å². The largest absolute Gasteiger partial charge is 0.378 e. The van der Waals surface area contributed by atoms with Crippen LogP contribution in [-0.2, 0) is 4.74 Å². The Labute approximate surface area is 150 Å². The highest BCUT2D eigenvalue weighted by Gasteiger charge is 2.11. The topological polar surface area (TPSA) is 97.1 Å². The first kappa shape index (κ1) is 17.6. The minimum atomic E-state index is -0.546. The number of rotatable bonds is 5. The molecule has 0 saturated carbocycles. The molecule has 0 bridgehead atoms. The van der Waals surface area contributed by atoms with Crippen LogP contribution >= 0.6 is 0 Å². The Hall–Kier alpha value is -3.26. The summed E-state index contributed by atoms with van der Waals surface area (Å²) in [7, 11) is 0. The number of carbonyl (C=O) groups excluding carboxylic acids is 1. The van der Waals surface area contributed by atoms with Crippen LogP contribution in [0.25, 0.3) is 0 Å². The number of hydrazone groups is 1. The van der Waals surface area contributed by atoms with Crippen LogP contribution in [0.5, 0.6) is 0 Å². The van der Waals surface area contributed by atoms with Crippen molar-refractivity contribution in [1.82, 2.24) is 5.43 Å². The van der Waals surface area contributed by atoms with E-state index in [1.807, 2.05) is 24.3 Å². The third kappa shape index (κ3) is 4.42. The third-order valence-electron chi connectivity index (χ3n) is 3.97. The molecule has 3 rings (SSSR count). The maximum Gasteiger partial charge on any atom is 0.271 e. The Bertz CT molecular complexity index is 814. The van der Waals surface area contributed by atoms with Gasteiger partial charge in [0.25, 0.3) is 11.6 Å². The molecule has 8 heteroatoms. The van der Waals surface area contributed by atoms with Crippen molar-refractivity contribution in [2.75, 3.05) is 31.2 Å². The van der Waals surface area contributed by atoms with Crippen molar-refractivity contribution in [2.24, 2.45) is 5.10 Å². The standard InChI is InChI=1S/C18H18N4O4/c23-18(15-2-1-3-17(12-15)22(24)25)20-19-13-14-4-6-16(7-5-14)21-8-10-26-11-9-21/h1-7,12-13H,8-11H2,(H,20,23)/b19-13-. The molecule has 1 aliphatic heterocycles. The molecule has 2 aromatic rings. The Balaban J connectivity index is 1.58. The highest BCUT2D eigenvalue weighted by Crippen LogP contribution is 2.16. The molecule has 0 aromatic heterocycles. The fraction of sp³-hybridized carbons (Fsp3) is 0.222. The summed E-state index contributed by atoms with van der Waals surface area (Å²) in [5.41, 5.74) is 4.36. The van der Waals surface area contributed by atoms with Crippen molar-refractivity contribution in [3.63, 3.8) is 0 Å². The monoisotopic (exact) mass is 354 g/mol. The molecule has 1 aliphatic rings. The van der Waals surface area contributed by atoms with Crippen LogP contribution in [0.1, 0.15) is 15.9 Å². The van der Waals surface area contributed by atoms with Gasteiger partial charge in [-0.1, -0.05) is 18.2 Å². The van der Waals surface area contributed by atoms with Crippen molar-refractivity contribution < 1.29 is 14.5 Å². The van der Waals surface area contributed by atoms with Gasteiger partial charge in [0.15, 0.2) is 0 Å². The summed E-state index contributed by atoms with van der Waals surface area (Å²) >= 11 is 0. The number of anilines is 1. The van der Waals surface area contributed by atoms with E-state index in [0.717, 1.165) is 37.6 Å². The Kier molecular flexibility index (Phi) is 5.55. The highest BCUT2D eigenvalue weighted by molar-refractivity contribution is 5.95. The fourth-order valence-electron chi connectivity index (χ4n) is 2.58. The maximum atomic E-state index is 12.0. The van der Waals surface area contributed by atoms with Crippen molar-refractivity contribution in [3.05, 3.63) is 69.8 Å². The van der Waals surface area contributed by atoms with Crippen LogP contribution in [0, 0.1) is 10.1 Å². The first-order valence-corrected chi connectivity index (χ1v) is 8.14. The lowest BCUT2D eigenvalue weighted by Crippen LogP contribution is -2.36.